The van der Waals surface area contributed by atoms with Gasteiger partial charge in [0.15, 0.2) is 5.17 Å². The SMILES string of the molecule is C=CCN=C1NN=C(c2ccc(Cl)cc2)[C@H](C)S1. The molecular weight excluding hydrogens is 266 g/mol. The van der Waals surface area contributed by atoms with Crippen molar-refractivity contribution in [2.45, 2.75) is 12.2 Å². The summed E-state index contributed by atoms with van der Waals surface area (Å²) in [6, 6.07) is 7.70. The Morgan fingerprint density at radius 2 is 2.22 bits per heavy atom. The van der Waals surface area contributed by atoms with Crippen LogP contribution < -0.4 is 5.43 Å². The quantitative estimate of drug-likeness (QED) is 0.862. The van der Waals surface area contributed by atoms with E-state index in [1.807, 2.05) is 24.3 Å². The maximum Gasteiger partial charge on any atom is 0.178 e. The number of benzene rings is 1. The molecule has 0 spiro atoms. The Labute approximate surface area is 116 Å². The molecule has 2 rings (SSSR count). The highest BCUT2D eigenvalue weighted by atomic mass is 35.5. The van der Waals surface area contributed by atoms with E-state index in [0.29, 0.717) is 6.54 Å². The zero-order valence-corrected chi connectivity index (χ0v) is 11.6. The van der Waals surface area contributed by atoms with E-state index in [4.69, 9.17) is 11.6 Å². The van der Waals surface area contributed by atoms with Gasteiger partial charge in [0, 0.05) is 5.02 Å². The molecule has 1 heterocycles. The van der Waals surface area contributed by atoms with Gasteiger partial charge in [-0.25, -0.2) is 0 Å². The first-order valence-corrected chi connectivity index (χ1v) is 6.88. The average molecular weight is 280 g/mol. The van der Waals surface area contributed by atoms with Crippen molar-refractivity contribution in [3.63, 3.8) is 0 Å². The van der Waals surface area contributed by atoms with Crippen molar-refractivity contribution in [2.24, 2.45) is 10.1 Å². The van der Waals surface area contributed by atoms with Gasteiger partial charge in [-0.3, -0.25) is 10.4 Å². The second-order valence-electron chi connectivity index (χ2n) is 3.81. The molecule has 94 valence electrons. The Balaban J connectivity index is 2.18. The molecule has 1 atom stereocenters. The number of hydrogen-bond donors (Lipinski definition) is 1. The Morgan fingerprint density at radius 1 is 1.50 bits per heavy atom. The van der Waals surface area contributed by atoms with Crippen LogP contribution in [0.3, 0.4) is 0 Å². The minimum Gasteiger partial charge on any atom is -0.257 e. The zero-order chi connectivity index (χ0) is 13.0. The summed E-state index contributed by atoms with van der Waals surface area (Å²) in [4.78, 5) is 4.32. The number of nitrogens with zero attached hydrogens (tertiary/aromatic N) is 2. The van der Waals surface area contributed by atoms with Crippen LogP contribution in [0, 0.1) is 0 Å². The number of hydrogen-bond acceptors (Lipinski definition) is 3. The van der Waals surface area contributed by atoms with Gasteiger partial charge >= 0.3 is 0 Å². The molecule has 0 unspecified atom stereocenters. The number of rotatable bonds is 3. The van der Waals surface area contributed by atoms with E-state index in [9.17, 15) is 0 Å². The van der Waals surface area contributed by atoms with E-state index in [0.717, 1.165) is 21.5 Å². The van der Waals surface area contributed by atoms with Crippen molar-refractivity contribution < 1.29 is 0 Å². The highest BCUT2D eigenvalue weighted by Gasteiger charge is 2.20. The first-order valence-electron chi connectivity index (χ1n) is 5.62. The van der Waals surface area contributed by atoms with E-state index in [1.165, 1.54) is 0 Å². The normalized spacial score (nSPS) is 21.3. The smallest absolute Gasteiger partial charge is 0.178 e. The van der Waals surface area contributed by atoms with Crippen molar-refractivity contribution in [1.29, 1.82) is 0 Å². The van der Waals surface area contributed by atoms with Gasteiger partial charge in [0.2, 0.25) is 0 Å². The first kappa shape index (κ1) is 13.2. The molecule has 0 fully saturated rings. The Morgan fingerprint density at radius 3 is 2.83 bits per heavy atom. The topological polar surface area (TPSA) is 36.8 Å². The van der Waals surface area contributed by atoms with Crippen molar-refractivity contribution in [3.05, 3.63) is 47.5 Å². The van der Waals surface area contributed by atoms with Crippen LogP contribution in [-0.2, 0) is 0 Å². The van der Waals surface area contributed by atoms with E-state index < -0.39 is 0 Å². The monoisotopic (exact) mass is 279 g/mol. The zero-order valence-electron chi connectivity index (χ0n) is 10.1. The molecule has 1 N–H and O–H groups in total. The van der Waals surface area contributed by atoms with E-state index >= 15 is 0 Å². The van der Waals surface area contributed by atoms with Crippen LogP contribution in [0.15, 0.2) is 47.0 Å². The molecule has 0 aromatic heterocycles. The molecule has 1 aliphatic heterocycles. The van der Waals surface area contributed by atoms with Crippen LogP contribution in [0.5, 0.6) is 0 Å². The van der Waals surface area contributed by atoms with E-state index in [2.05, 4.69) is 29.0 Å². The lowest BCUT2D eigenvalue weighted by atomic mass is 10.1. The van der Waals surface area contributed by atoms with Crippen LogP contribution >= 0.6 is 23.4 Å². The highest BCUT2D eigenvalue weighted by molar-refractivity contribution is 8.15. The summed E-state index contributed by atoms with van der Waals surface area (Å²) in [6.45, 7) is 6.36. The molecule has 0 bridgehead atoms. The van der Waals surface area contributed by atoms with Crippen molar-refractivity contribution in [3.8, 4) is 0 Å². The molecular formula is C13H14ClN3S. The van der Waals surface area contributed by atoms with E-state index in [1.54, 1.807) is 17.8 Å². The van der Waals surface area contributed by atoms with Gasteiger partial charge < -0.3 is 0 Å². The highest BCUT2D eigenvalue weighted by Crippen LogP contribution is 2.22. The van der Waals surface area contributed by atoms with Crippen LogP contribution in [0.1, 0.15) is 12.5 Å². The molecule has 0 aliphatic carbocycles. The predicted molar refractivity (Wildman–Crippen MR) is 80.7 cm³/mol. The number of thioether (sulfide) groups is 1. The largest absolute Gasteiger partial charge is 0.257 e. The van der Waals surface area contributed by atoms with Gasteiger partial charge in [-0.2, -0.15) is 5.10 Å². The van der Waals surface area contributed by atoms with Gasteiger partial charge in [-0.1, -0.05) is 41.6 Å². The minimum atomic E-state index is 0.260. The summed E-state index contributed by atoms with van der Waals surface area (Å²) < 4.78 is 0. The summed E-state index contributed by atoms with van der Waals surface area (Å²) in [5.41, 5.74) is 5.05. The Bertz CT molecular complexity index is 493. The lowest BCUT2D eigenvalue weighted by Crippen LogP contribution is -2.31. The third-order valence-corrected chi connectivity index (χ3v) is 3.72. The molecule has 18 heavy (non-hydrogen) atoms. The van der Waals surface area contributed by atoms with Gasteiger partial charge in [0.25, 0.3) is 0 Å². The molecule has 0 saturated heterocycles. The first-order chi connectivity index (χ1) is 8.70. The number of halogens is 1. The van der Waals surface area contributed by atoms with E-state index in [-0.39, 0.29) is 5.25 Å². The lowest BCUT2D eigenvalue weighted by molar-refractivity contribution is 1.00. The molecule has 1 aliphatic rings. The number of hydrazone groups is 1. The number of aliphatic imine (C=N–C) groups is 1. The summed E-state index contributed by atoms with van der Waals surface area (Å²) in [6.07, 6.45) is 1.76. The fourth-order valence-corrected chi connectivity index (χ4v) is 2.60. The summed E-state index contributed by atoms with van der Waals surface area (Å²) in [5.74, 6) is 0. The summed E-state index contributed by atoms with van der Waals surface area (Å²) in [7, 11) is 0. The number of nitrogens with one attached hydrogen (secondary N) is 1. The predicted octanol–water partition coefficient (Wildman–Crippen LogP) is 3.31. The summed E-state index contributed by atoms with van der Waals surface area (Å²) >= 11 is 7.54. The van der Waals surface area contributed by atoms with Crippen molar-refractivity contribution in [1.82, 2.24) is 5.43 Å². The fraction of sp³-hybridized carbons (Fsp3) is 0.231. The second kappa shape index (κ2) is 6.07. The molecule has 1 aromatic carbocycles. The van der Waals surface area contributed by atoms with Crippen molar-refractivity contribution in [2.75, 3.05) is 6.54 Å². The fourth-order valence-electron chi connectivity index (χ4n) is 1.59. The second-order valence-corrected chi connectivity index (χ2v) is 5.58. The number of amidine groups is 1. The Kier molecular flexibility index (Phi) is 4.44. The van der Waals surface area contributed by atoms with Crippen molar-refractivity contribution >= 4 is 34.2 Å². The minimum absolute atomic E-state index is 0.260. The average Bonchev–Trinajstić information content (AvgIpc) is 2.38. The molecule has 3 nitrogen and oxygen atoms in total. The maximum atomic E-state index is 5.88. The summed E-state index contributed by atoms with van der Waals surface area (Å²) in [5, 5.41) is 6.21. The Hall–Kier alpha value is -1.26. The molecule has 0 radical (unpaired) electrons. The molecule has 0 saturated carbocycles. The van der Waals surface area contributed by atoms with Crippen LogP contribution in [0.25, 0.3) is 0 Å². The van der Waals surface area contributed by atoms with Crippen LogP contribution in [0.4, 0.5) is 0 Å². The van der Waals surface area contributed by atoms with Gasteiger partial charge in [-0.15, -0.1) is 6.58 Å². The van der Waals surface area contributed by atoms with Crippen LogP contribution in [0.2, 0.25) is 5.02 Å². The third-order valence-electron chi connectivity index (χ3n) is 2.45. The van der Waals surface area contributed by atoms with Gasteiger partial charge in [0.05, 0.1) is 17.5 Å². The van der Waals surface area contributed by atoms with Gasteiger partial charge in [-0.05, 0) is 24.6 Å². The molecule has 1 aromatic rings. The maximum absolute atomic E-state index is 5.88. The van der Waals surface area contributed by atoms with Crippen LogP contribution in [-0.4, -0.2) is 22.7 Å². The molecule has 0 amide bonds. The van der Waals surface area contributed by atoms with Gasteiger partial charge in [0.1, 0.15) is 0 Å². The standard InChI is InChI=1S/C13H14ClN3S/c1-3-8-15-13-17-16-12(9(2)18-13)10-4-6-11(14)7-5-10/h3-7,9H,1,8H2,2H3,(H,15,17)/t9-/m0/s1. The molecule has 5 heteroatoms. The third kappa shape index (κ3) is 3.15. The lowest BCUT2D eigenvalue weighted by Gasteiger charge is -2.21.